The van der Waals surface area contributed by atoms with E-state index in [0.717, 1.165) is 5.56 Å². The first kappa shape index (κ1) is 11.8. The SMILES string of the molecule is CCC(=O)C(=CNC)c1cccc(Cl)c1. The summed E-state index contributed by atoms with van der Waals surface area (Å²) in [5.41, 5.74) is 1.52. The molecule has 1 aromatic carbocycles. The van der Waals surface area contributed by atoms with E-state index >= 15 is 0 Å². The van der Waals surface area contributed by atoms with Crippen LogP contribution in [0.15, 0.2) is 30.5 Å². The van der Waals surface area contributed by atoms with Crippen molar-refractivity contribution in [2.75, 3.05) is 7.05 Å². The highest BCUT2D eigenvalue weighted by atomic mass is 35.5. The first-order chi connectivity index (χ1) is 7.19. The van der Waals surface area contributed by atoms with Gasteiger partial charge in [-0.25, -0.2) is 0 Å². The molecule has 0 aliphatic carbocycles. The van der Waals surface area contributed by atoms with Crippen LogP contribution < -0.4 is 5.32 Å². The Labute approximate surface area is 94.9 Å². The number of hydrogen-bond donors (Lipinski definition) is 1. The van der Waals surface area contributed by atoms with Crippen molar-refractivity contribution in [3.05, 3.63) is 41.1 Å². The maximum absolute atomic E-state index is 11.7. The van der Waals surface area contributed by atoms with Gasteiger partial charge in [0.2, 0.25) is 0 Å². The van der Waals surface area contributed by atoms with E-state index in [4.69, 9.17) is 11.6 Å². The van der Waals surface area contributed by atoms with E-state index in [2.05, 4.69) is 5.32 Å². The van der Waals surface area contributed by atoms with E-state index in [9.17, 15) is 4.79 Å². The van der Waals surface area contributed by atoms with Crippen molar-refractivity contribution >= 4 is 23.0 Å². The van der Waals surface area contributed by atoms with Crippen LogP contribution in [0.3, 0.4) is 0 Å². The molecule has 0 amide bonds. The Morgan fingerprint density at radius 2 is 2.27 bits per heavy atom. The van der Waals surface area contributed by atoms with Gasteiger partial charge in [0.15, 0.2) is 5.78 Å². The molecule has 1 N–H and O–H groups in total. The minimum Gasteiger partial charge on any atom is -0.393 e. The molecule has 2 nitrogen and oxygen atoms in total. The molecular weight excluding hydrogens is 210 g/mol. The Kier molecular flexibility index (Phi) is 4.37. The summed E-state index contributed by atoms with van der Waals surface area (Å²) < 4.78 is 0. The van der Waals surface area contributed by atoms with Crippen LogP contribution in [0.2, 0.25) is 5.02 Å². The first-order valence-electron chi connectivity index (χ1n) is 4.85. The topological polar surface area (TPSA) is 29.1 Å². The summed E-state index contributed by atoms with van der Waals surface area (Å²) in [4.78, 5) is 11.7. The quantitative estimate of drug-likeness (QED) is 0.796. The Balaban J connectivity index is 3.10. The predicted octanol–water partition coefficient (Wildman–Crippen LogP) is 2.88. The van der Waals surface area contributed by atoms with Gasteiger partial charge in [-0.05, 0) is 17.7 Å². The molecule has 0 heterocycles. The molecular formula is C12H14ClNO. The smallest absolute Gasteiger partial charge is 0.164 e. The zero-order valence-corrected chi connectivity index (χ0v) is 9.64. The molecule has 0 saturated heterocycles. The maximum atomic E-state index is 11.7. The van der Waals surface area contributed by atoms with E-state index in [1.807, 2.05) is 19.1 Å². The molecule has 0 spiro atoms. The maximum Gasteiger partial charge on any atom is 0.164 e. The average molecular weight is 224 g/mol. The van der Waals surface area contributed by atoms with Gasteiger partial charge in [-0.1, -0.05) is 30.7 Å². The molecule has 1 rings (SSSR count). The van der Waals surface area contributed by atoms with Crippen LogP contribution in [-0.4, -0.2) is 12.8 Å². The van der Waals surface area contributed by atoms with Gasteiger partial charge < -0.3 is 5.32 Å². The summed E-state index contributed by atoms with van der Waals surface area (Å²) in [5.74, 6) is 0.103. The second-order valence-corrected chi connectivity index (χ2v) is 3.57. The Hall–Kier alpha value is -1.28. The van der Waals surface area contributed by atoms with E-state index in [0.29, 0.717) is 17.0 Å². The zero-order chi connectivity index (χ0) is 11.3. The van der Waals surface area contributed by atoms with Gasteiger partial charge in [0.05, 0.1) is 0 Å². The predicted molar refractivity (Wildman–Crippen MR) is 63.8 cm³/mol. The molecule has 0 atom stereocenters. The monoisotopic (exact) mass is 223 g/mol. The number of allylic oxidation sites excluding steroid dienone is 1. The number of ketones is 1. The fraction of sp³-hybridized carbons (Fsp3) is 0.250. The van der Waals surface area contributed by atoms with Crippen LogP contribution in [0.25, 0.3) is 5.57 Å². The summed E-state index contributed by atoms with van der Waals surface area (Å²) in [5, 5.41) is 3.51. The van der Waals surface area contributed by atoms with Gasteiger partial charge in [-0.15, -0.1) is 0 Å². The fourth-order valence-corrected chi connectivity index (χ4v) is 1.51. The summed E-state index contributed by atoms with van der Waals surface area (Å²) in [7, 11) is 1.77. The highest BCUT2D eigenvalue weighted by molar-refractivity contribution is 6.31. The fourth-order valence-electron chi connectivity index (χ4n) is 1.32. The standard InChI is InChI=1S/C12H14ClNO/c1-3-12(15)11(8-14-2)9-5-4-6-10(13)7-9/h4-8,14H,3H2,1-2H3. The summed E-state index contributed by atoms with van der Waals surface area (Å²) in [6, 6.07) is 7.30. The molecule has 80 valence electrons. The minimum absolute atomic E-state index is 0.103. The summed E-state index contributed by atoms with van der Waals surface area (Å²) in [6.45, 7) is 1.84. The van der Waals surface area contributed by atoms with Gasteiger partial charge in [0.1, 0.15) is 0 Å². The van der Waals surface area contributed by atoms with Crippen LogP contribution in [0.5, 0.6) is 0 Å². The van der Waals surface area contributed by atoms with Gasteiger partial charge in [0.25, 0.3) is 0 Å². The van der Waals surface area contributed by atoms with Crippen molar-refractivity contribution in [3.63, 3.8) is 0 Å². The summed E-state index contributed by atoms with van der Waals surface area (Å²) in [6.07, 6.45) is 2.19. The molecule has 0 aromatic heterocycles. The molecule has 15 heavy (non-hydrogen) atoms. The van der Waals surface area contributed by atoms with Crippen molar-refractivity contribution in [2.45, 2.75) is 13.3 Å². The third-order valence-electron chi connectivity index (χ3n) is 2.05. The number of rotatable bonds is 4. The van der Waals surface area contributed by atoms with Gasteiger partial charge in [-0.2, -0.15) is 0 Å². The lowest BCUT2D eigenvalue weighted by molar-refractivity contribution is -0.113. The molecule has 0 radical (unpaired) electrons. The molecule has 1 aromatic rings. The van der Waals surface area contributed by atoms with Crippen LogP contribution in [0, 0.1) is 0 Å². The number of benzene rings is 1. The van der Waals surface area contributed by atoms with Crippen molar-refractivity contribution in [3.8, 4) is 0 Å². The number of nitrogens with one attached hydrogen (secondary N) is 1. The molecule has 0 aliphatic heterocycles. The van der Waals surface area contributed by atoms with Crippen LogP contribution in [-0.2, 0) is 4.79 Å². The lowest BCUT2D eigenvalue weighted by Crippen LogP contribution is -2.05. The van der Waals surface area contributed by atoms with E-state index in [1.165, 1.54) is 0 Å². The van der Waals surface area contributed by atoms with E-state index < -0.39 is 0 Å². The molecule has 0 fully saturated rings. The number of Topliss-reactive ketones (excluding diaryl/α,β-unsaturated/α-hetero) is 1. The molecule has 0 saturated carbocycles. The highest BCUT2D eigenvalue weighted by Crippen LogP contribution is 2.20. The van der Waals surface area contributed by atoms with E-state index in [1.54, 1.807) is 25.4 Å². The Bertz CT molecular complexity index is 385. The third kappa shape index (κ3) is 3.10. The molecule has 3 heteroatoms. The van der Waals surface area contributed by atoms with Crippen LogP contribution >= 0.6 is 11.6 Å². The Morgan fingerprint density at radius 3 is 2.80 bits per heavy atom. The summed E-state index contributed by atoms with van der Waals surface area (Å²) >= 11 is 5.88. The van der Waals surface area contributed by atoms with Crippen molar-refractivity contribution in [1.29, 1.82) is 0 Å². The average Bonchev–Trinajstić information content (AvgIpc) is 2.25. The van der Waals surface area contributed by atoms with Crippen molar-refractivity contribution in [1.82, 2.24) is 5.32 Å². The second kappa shape index (κ2) is 5.56. The van der Waals surface area contributed by atoms with Crippen LogP contribution in [0.1, 0.15) is 18.9 Å². The number of carbonyl (C=O) groups is 1. The third-order valence-corrected chi connectivity index (χ3v) is 2.28. The van der Waals surface area contributed by atoms with Crippen molar-refractivity contribution in [2.24, 2.45) is 0 Å². The van der Waals surface area contributed by atoms with E-state index in [-0.39, 0.29) is 5.78 Å². The molecule has 0 unspecified atom stereocenters. The number of hydrogen-bond acceptors (Lipinski definition) is 2. The number of halogens is 1. The lowest BCUT2D eigenvalue weighted by Gasteiger charge is -2.05. The highest BCUT2D eigenvalue weighted by Gasteiger charge is 2.09. The molecule has 0 aliphatic rings. The number of carbonyl (C=O) groups excluding carboxylic acids is 1. The van der Waals surface area contributed by atoms with Crippen LogP contribution in [0.4, 0.5) is 0 Å². The minimum atomic E-state index is 0.103. The van der Waals surface area contributed by atoms with Gasteiger partial charge in [0, 0.05) is 30.3 Å². The lowest BCUT2D eigenvalue weighted by atomic mass is 10.0. The zero-order valence-electron chi connectivity index (χ0n) is 8.88. The normalized spacial score (nSPS) is 11.3. The molecule has 0 bridgehead atoms. The second-order valence-electron chi connectivity index (χ2n) is 3.13. The Morgan fingerprint density at radius 1 is 1.53 bits per heavy atom. The van der Waals surface area contributed by atoms with Gasteiger partial charge >= 0.3 is 0 Å². The van der Waals surface area contributed by atoms with Crippen molar-refractivity contribution < 1.29 is 4.79 Å². The van der Waals surface area contributed by atoms with Gasteiger partial charge in [-0.3, -0.25) is 4.79 Å². The first-order valence-corrected chi connectivity index (χ1v) is 5.23. The largest absolute Gasteiger partial charge is 0.393 e.